The van der Waals surface area contributed by atoms with Gasteiger partial charge in [0.05, 0.1) is 11.4 Å². The molecule has 0 fully saturated rings. The van der Waals surface area contributed by atoms with Crippen molar-refractivity contribution < 1.29 is 14.4 Å². The lowest BCUT2D eigenvalue weighted by Crippen LogP contribution is -2.32. The summed E-state index contributed by atoms with van der Waals surface area (Å²) in [6, 6.07) is 19.9. The van der Waals surface area contributed by atoms with Crippen LogP contribution in [0.5, 0.6) is 0 Å². The lowest BCUT2D eigenvalue weighted by Gasteiger charge is -2.15. The molecule has 2 heterocycles. The van der Waals surface area contributed by atoms with Crippen molar-refractivity contribution in [1.29, 1.82) is 0 Å². The van der Waals surface area contributed by atoms with Gasteiger partial charge >= 0.3 is 0 Å². The summed E-state index contributed by atoms with van der Waals surface area (Å²) in [5.74, 6) is -1.59. The summed E-state index contributed by atoms with van der Waals surface area (Å²) in [5, 5.41) is 8.82. The quantitative estimate of drug-likeness (QED) is 0.249. The van der Waals surface area contributed by atoms with Gasteiger partial charge in [0, 0.05) is 32.2 Å². The molecule has 3 aromatic carbocycles. The fourth-order valence-corrected chi connectivity index (χ4v) is 4.72. The molecule has 11 heteroatoms. The molecular formula is C26H15Cl3N4O3S. The number of rotatable bonds is 6. The van der Waals surface area contributed by atoms with E-state index in [4.69, 9.17) is 34.8 Å². The number of halogens is 3. The van der Waals surface area contributed by atoms with Crippen molar-refractivity contribution in [2.75, 3.05) is 15.5 Å². The van der Waals surface area contributed by atoms with Gasteiger partial charge in [-0.2, -0.15) is 0 Å². The third-order valence-corrected chi connectivity index (χ3v) is 7.01. The zero-order chi connectivity index (χ0) is 26.1. The first-order valence-electron chi connectivity index (χ1n) is 10.7. The van der Waals surface area contributed by atoms with Crippen LogP contribution < -0.4 is 15.5 Å². The van der Waals surface area contributed by atoms with Crippen LogP contribution in [0.2, 0.25) is 10.0 Å². The van der Waals surface area contributed by atoms with E-state index in [-0.39, 0.29) is 16.6 Å². The average Bonchev–Trinajstić information content (AvgIpc) is 3.44. The topological polar surface area (TPSA) is 91.4 Å². The zero-order valence-corrected chi connectivity index (χ0v) is 21.8. The van der Waals surface area contributed by atoms with Gasteiger partial charge in [-0.1, -0.05) is 46.9 Å². The fraction of sp³-hybridized carbons (Fsp3) is 0. The van der Waals surface area contributed by atoms with Crippen LogP contribution in [-0.4, -0.2) is 22.7 Å². The largest absolute Gasteiger partial charge is 0.350 e. The standard InChI is InChI=1S/C26H15Cl3N4O3S/c27-16-5-1-14(2-6-16)20-13-37-26(31-20)32-23(34)15-3-9-18(10-4-15)30-22-21(29)24(35)33(25(22)36)19-11-7-17(28)8-12-19/h1-13,30H,(H,31,32,34). The smallest absolute Gasteiger partial charge is 0.283 e. The van der Waals surface area contributed by atoms with E-state index in [0.29, 0.717) is 32.1 Å². The number of aromatic nitrogens is 1. The lowest BCUT2D eigenvalue weighted by molar-refractivity contribution is -0.120. The van der Waals surface area contributed by atoms with Crippen molar-refractivity contribution in [3.8, 4) is 11.3 Å². The van der Waals surface area contributed by atoms with Crippen molar-refractivity contribution in [1.82, 2.24) is 4.98 Å². The number of carbonyl (C=O) groups excluding carboxylic acids is 3. The number of anilines is 3. The van der Waals surface area contributed by atoms with Crippen LogP contribution >= 0.6 is 46.1 Å². The molecule has 184 valence electrons. The molecule has 0 atom stereocenters. The molecule has 1 aliphatic heterocycles. The van der Waals surface area contributed by atoms with Gasteiger partial charge in [0.1, 0.15) is 10.7 Å². The Bertz CT molecular complexity index is 1550. The Morgan fingerprint density at radius 2 is 1.43 bits per heavy atom. The van der Waals surface area contributed by atoms with Gasteiger partial charge in [-0.3, -0.25) is 19.7 Å². The van der Waals surface area contributed by atoms with Gasteiger partial charge in [0.25, 0.3) is 17.7 Å². The molecule has 0 saturated carbocycles. The van der Waals surface area contributed by atoms with Crippen LogP contribution in [0.1, 0.15) is 10.4 Å². The minimum Gasteiger partial charge on any atom is -0.350 e. The van der Waals surface area contributed by atoms with Crippen LogP contribution in [-0.2, 0) is 9.59 Å². The zero-order valence-electron chi connectivity index (χ0n) is 18.7. The maximum atomic E-state index is 12.9. The third kappa shape index (κ3) is 5.23. The van der Waals surface area contributed by atoms with Gasteiger partial charge in [-0.05, 0) is 60.7 Å². The number of nitrogens with one attached hydrogen (secondary N) is 2. The van der Waals surface area contributed by atoms with E-state index in [2.05, 4.69) is 15.6 Å². The molecule has 3 amide bonds. The second-order valence-corrected chi connectivity index (χ2v) is 9.92. The average molecular weight is 570 g/mol. The molecule has 5 rings (SSSR count). The molecule has 0 unspecified atom stereocenters. The summed E-state index contributed by atoms with van der Waals surface area (Å²) in [7, 11) is 0. The number of imide groups is 1. The van der Waals surface area contributed by atoms with E-state index in [1.54, 1.807) is 60.7 Å². The van der Waals surface area contributed by atoms with Crippen LogP contribution in [0.25, 0.3) is 11.3 Å². The molecule has 0 spiro atoms. The molecule has 37 heavy (non-hydrogen) atoms. The molecule has 0 saturated heterocycles. The summed E-state index contributed by atoms with van der Waals surface area (Å²) in [6.07, 6.45) is 0. The molecular weight excluding hydrogens is 555 g/mol. The van der Waals surface area contributed by atoms with Crippen LogP contribution in [0.4, 0.5) is 16.5 Å². The second kappa shape index (κ2) is 10.4. The highest BCUT2D eigenvalue weighted by Crippen LogP contribution is 2.31. The maximum absolute atomic E-state index is 12.9. The normalized spacial score (nSPS) is 13.3. The number of amides is 3. The van der Waals surface area contributed by atoms with E-state index in [1.807, 2.05) is 17.5 Å². The van der Waals surface area contributed by atoms with Crippen molar-refractivity contribution in [3.05, 3.63) is 105 Å². The predicted octanol–water partition coefficient (Wildman–Crippen LogP) is 6.80. The Morgan fingerprint density at radius 1 is 0.811 bits per heavy atom. The summed E-state index contributed by atoms with van der Waals surface area (Å²) in [4.78, 5) is 43.6. The van der Waals surface area contributed by atoms with Crippen molar-refractivity contribution in [3.63, 3.8) is 0 Å². The van der Waals surface area contributed by atoms with Gasteiger partial charge in [-0.25, -0.2) is 9.88 Å². The van der Waals surface area contributed by atoms with Gasteiger partial charge in [-0.15, -0.1) is 11.3 Å². The van der Waals surface area contributed by atoms with E-state index in [9.17, 15) is 14.4 Å². The predicted molar refractivity (Wildman–Crippen MR) is 147 cm³/mol. The number of thiazole rings is 1. The summed E-state index contributed by atoms with van der Waals surface area (Å²) in [5.41, 5.74) is 2.76. The Balaban J connectivity index is 1.25. The molecule has 4 aromatic rings. The van der Waals surface area contributed by atoms with Gasteiger partial charge in [0.15, 0.2) is 5.13 Å². The highest BCUT2D eigenvalue weighted by molar-refractivity contribution is 7.14. The van der Waals surface area contributed by atoms with Crippen molar-refractivity contribution in [2.24, 2.45) is 0 Å². The van der Waals surface area contributed by atoms with Crippen LogP contribution in [0.15, 0.2) is 88.9 Å². The number of benzene rings is 3. The van der Waals surface area contributed by atoms with Crippen LogP contribution in [0.3, 0.4) is 0 Å². The van der Waals surface area contributed by atoms with E-state index in [1.165, 1.54) is 11.3 Å². The molecule has 2 N–H and O–H groups in total. The third-order valence-electron chi connectivity index (χ3n) is 5.39. The Morgan fingerprint density at radius 3 is 2.08 bits per heavy atom. The molecule has 0 aliphatic carbocycles. The van der Waals surface area contributed by atoms with E-state index in [0.717, 1.165) is 16.2 Å². The van der Waals surface area contributed by atoms with Gasteiger partial charge < -0.3 is 5.32 Å². The number of carbonyl (C=O) groups is 3. The molecule has 1 aromatic heterocycles. The van der Waals surface area contributed by atoms with Gasteiger partial charge in [0.2, 0.25) is 0 Å². The Hall–Kier alpha value is -3.69. The molecule has 7 nitrogen and oxygen atoms in total. The number of hydrogen-bond donors (Lipinski definition) is 2. The maximum Gasteiger partial charge on any atom is 0.283 e. The highest BCUT2D eigenvalue weighted by Gasteiger charge is 2.38. The first kappa shape index (κ1) is 25.0. The minimum absolute atomic E-state index is 0.0590. The first-order chi connectivity index (χ1) is 17.8. The molecule has 0 radical (unpaired) electrons. The van der Waals surface area contributed by atoms with Crippen molar-refractivity contribution in [2.45, 2.75) is 0 Å². The minimum atomic E-state index is -0.645. The summed E-state index contributed by atoms with van der Waals surface area (Å²) >= 11 is 19.3. The van der Waals surface area contributed by atoms with Crippen LogP contribution in [0, 0.1) is 0 Å². The second-order valence-electron chi connectivity index (χ2n) is 7.81. The summed E-state index contributed by atoms with van der Waals surface area (Å²) in [6.45, 7) is 0. The number of hydrogen-bond acceptors (Lipinski definition) is 6. The number of nitrogens with zero attached hydrogens (tertiary/aromatic N) is 2. The Kier molecular flexibility index (Phi) is 6.99. The lowest BCUT2D eigenvalue weighted by atomic mass is 10.2. The van der Waals surface area contributed by atoms with E-state index < -0.39 is 11.8 Å². The molecule has 1 aliphatic rings. The van der Waals surface area contributed by atoms with E-state index >= 15 is 0 Å². The SMILES string of the molecule is O=C(Nc1nc(-c2ccc(Cl)cc2)cs1)c1ccc(NC2=C(Cl)C(=O)N(c3ccc(Cl)cc3)C2=O)cc1. The first-order valence-corrected chi connectivity index (χ1v) is 12.8. The Labute approximate surface area is 230 Å². The fourth-order valence-electron chi connectivity index (χ4n) is 3.54. The monoisotopic (exact) mass is 568 g/mol. The summed E-state index contributed by atoms with van der Waals surface area (Å²) < 4.78 is 0. The van der Waals surface area contributed by atoms with Crippen molar-refractivity contribution >= 4 is 80.4 Å². The molecule has 0 bridgehead atoms. The highest BCUT2D eigenvalue weighted by atomic mass is 35.5.